The normalized spacial score (nSPS) is 12.8. The smallest absolute Gasteiger partial charge is 0.134 e. The molecule has 0 fully saturated rings. The van der Waals surface area contributed by atoms with Gasteiger partial charge in [0, 0.05) is 25.0 Å². The van der Waals surface area contributed by atoms with E-state index >= 15 is 0 Å². The molecule has 0 bridgehead atoms. The molecule has 2 N–H and O–H groups in total. The molecule has 17 heavy (non-hydrogen) atoms. The number of hydrogen-bond acceptors (Lipinski definition) is 2. The van der Waals surface area contributed by atoms with Crippen LogP contribution in [0.5, 0.6) is 0 Å². The van der Waals surface area contributed by atoms with Gasteiger partial charge in [0.1, 0.15) is 17.5 Å². The lowest BCUT2D eigenvalue weighted by Crippen LogP contribution is -2.20. The second-order valence-electron chi connectivity index (χ2n) is 3.97. The van der Waals surface area contributed by atoms with Crippen molar-refractivity contribution in [1.82, 2.24) is 9.55 Å². The van der Waals surface area contributed by atoms with E-state index < -0.39 is 17.7 Å². The number of hydrogen-bond donors (Lipinski definition) is 1. The van der Waals surface area contributed by atoms with Crippen molar-refractivity contribution in [1.29, 1.82) is 0 Å². The van der Waals surface area contributed by atoms with Gasteiger partial charge in [-0.3, -0.25) is 0 Å². The monoisotopic (exact) mass is 237 g/mol. The standard InChI is InChI=1S/C12H13F2N3/c1-7-3-4-8(13)9(10(7)14)11(15)12-16-5-6-17(12)2/h3-6,11H,15H2,1-2H3. The molecule has 0 saturated carbocycles. The third-order valence-electron chi connectivity index (χ3n) is 2.77. The molecule has 2 aromatic rings. The van der Waals surface area contributed by atoms with Gasteiger partial charge in [0.25, 0.3) is 0 Å². The van der Waals surface area contributed by atoms with E-state index in [1.165, 1.54) is 12.1 Å². The van der Waals surface area contributed by atoms with Crippen molar-refractivity contribution < 1.29 is 8.78 Å². The Morgan fingerprint density at radius 3 is 2.65 bits per heavy atom. The van der Waals surface area contributed by atoms with Crippen LogP contribution >= 0.6 is 0 Å². The Balaban J connectivity index is 2.55. The van der Waals surface area contributed by atoms with E-state index in [0.29, 0.717) is 11.4 Å². The number of imidazole rings is 1. The third-order valence-corrected chi connectivity index (χ3v) is 2.77. The van der Waals surface area contributed by atoms with Crippen LogP contribution in [0.4, 0.5) is 8.78 Å². The van der Waals surface area contributed by atoms with Gasteiger partial charge in [0.15, 0.2) is 0 Å². The van der Waals surface area contributed by atoms with Crippen molar-refractivity contribution in [3.05, 3.63) is 53.1 Å². The predicted octanol–water partition coefficient (Wildman–Crippen LogP) is 2.05. The molecule has 3 nitrogen and oxygen atoms in total. The molecule has 0 radical (unpaired) electrons. The predicted molar refractivity (Wildman–Crippen MR) is 60.3 cm³/mol. The van der Waals surface area contributed by atoms with Gasteiger partial charge >= 0.3 is 0 Å². The van der Waals surface area contributed by atoms with Crippen LogP contribution in [0.1, 0.15) is 23.0 Å². The highest BCUT2D eigenvalue weighted by molar-refractivity contribution is 5.32. The molecule has 0 aliphatic heterocycles. The summed E-state index contributed by atoms with van der Waals surface area (Å²) in [5, 5.41) is 0. The number of benzene rings is 1. The van der Waals surface area contributed by atoms with Crippen LogP contribution in [-0.2, 0) is 7.05 Å². The Kier molecular flexibility index (Phi) is 2.93. The molecule has 1 atom stereocenters. The molecule has 0 saturated heterocycles. The zero-order valence-corrected chi connectivity index (χ0v) is 9.61. The van der Waals surface area contributed by atoms with Gasteiger partial charge in [-0.2, -0.15) is 0 Å². The van der Waals surface area contributed by atoms with Crippen LogP contribution in [0.2, 0.25) is 0 Å². The lowest BCUT2D eigenvalue weighted by Gasteiger charge is -2.14. The van der Waals surface area contributed by atoms with Crippen LogP contribution in [0.3, 0.4) is 0 Å². The second-order valence-corrected chi connectivity index (χ2v) is 3.97. The van der Waals surface area contributed by atoms with Gasteiger partial charge in [0.2, 0.25) is 0 Å². The van der Waals surface area contributed by atoms with Crippen LogP contribution < -0.4 is 5.73 Å². The fourth-order valence-corrected chi connectivity index (χ4v) is 1.77. The summed E-state index contributed by atoms with van der Waals surface area (Å²) in [6, 6.07) is 1.70. The summed E-state index contributed by atoms with van der Waals surface area (Å²) in [5.41, 5.74) is 6.10. The highest BCUT2D eigenvalue weighted by Crippen LogP contribution is 2.25. The summed E-state index contributed by atoms with van der Waals surface area (Å²) in [4.78, 5) is 4.01. The highest BCUT2D eigenvalue weighted by Gasteiger charge is 2.22. The first-order chi connectivity index (χ1) is 8.02. The number of rotatable bonds is 2. The van der Waals surface area contributed by atoms with Gasteiger partial charge in [-0.05, 0) is 18.6 Å². The molecule has 5 heteroatoms. The van der Waals surface area contributed by atoms with Gasteiger partial charge < -0.3 is 10.3 Å². The molecule has 1 aromatic carbocycles. The average Bonchev–Trinajstić information content (AvgIpc) is 2.70. The first-order valence-electron chi connectivity index (χ1n) is 5.19. The van der Waals surface area contributed by atoms with Crippen molar-refractivity contribution in [2.75, 3.05) is 0 Å². The summed E-state index contributed by atoms with van der Waals surface area (Å²) in [6.07, 6.45) is 3.22. The zero-order valence-electron chi connectivity index (χ0n) is 9.61. The van der Waals surface area contributed by atoms with Crippen molar-refractivity contribution in [3.8, 4) is 0 Å². The molecule has 2 rings (SSSR count). The van der Waals surface area contributed by atoms with Crippen LogP contribution in [-0.4, -0.2) is 9.55 Å². The van der Waals surface area contributed by atoms with Crippen molar-refractivity contribution in [2.45, 2.75) is 13.0 Å². The molecule has 90 valence electrons. The van der Waals surface area contributed by atoms with E-state index in [1.807, 2.05) is 0 Å². The number of aryl methyl sites for hydroxylation is 2. The Morgan fingerprint density at radius 1 is 1.35 bits per heavy atom. The summed E-state index contributed by atoms with van der Waals surface area (Å²) >= 11 is 0. The first-order valence-corrected chi connectivity index (χ1v) is 5.19. The van der Waals surface area contributed by atoms with Crippen molar-refractivity contribution in [2.24, 2.45) is 12.8 Å². The molecule has 1 aromatic heterocycles. The molecule has 0 aliphatic rings. The quantitative estimate of drug-likeness (QED) is 0.868. The topological polar surface area (TPSA) is 43.8 Å². The Labute approximate surface area is 97.9 Å². The fourth-order valence-electron chi connectivity index (χ4n) is 1.77. The maximum Gasteiger partial charge on any atom is 0.134 e. The van der Waals surface area contributed by atoms with E-state index in [-0.39, 0.29) is 5.56 Å². The van der Waals surface area contributed by atoms with Crippen LogP contribution in [0.25, 0.3) is 0 Å². The Morgan fingerprint density at radius 2 is 2.06 bits per heavy atom. The largest absolute Gasteiger partial charge is 0.336 e. The minimum Gasteiger partial charge on any atom is -0.336 e. The summed E-state index contributed by atoms with van der Waals surface area (Å²) in [5.74, 6) is -0.836. The van der Waals surface area contributed by atoms with E-state index in [0.717, 1.165) is 0 Å². The average molecular weight is 237 g/mol. The Bertz CT molecular complexity index is 549. The highest BCUT2D eigenvalue weighted by atomic mass is 19.1. The van der Waals surface area contributed by atoms with Crippen LogP contribution in [0, 0.1) is 18.6 Å². The summed E-state index contributed by atoms with van der Waals surface area (Å²) < 4.78 is 29.2. The number of halogens is 2. The second kappa shape index (κ2) is 4.25. The fraction of sp³-hybridized carbons (Fsp3) is 0.250. The minimum absolute atomic E-state index is 0.140. The number of nitrogens with zero attached hydrogens (tertiary/aromatic N) is 2. The molecular weight excluding hydrogens is 224 g/mol. The van der Waals surface area contributed by atoms with Gasteiger partial charge in [-0.15, -0.1) is 0 Å². The van der Waals surface area contributed by atoms with E-state index in [9.17, 15) is 8.78 Å². The zero-order chi connectivity index (χ0) is 12.6. The van der Waals surface area contributed by atoms with Gasteiger partial charge in [0.05, 0.1) is 6.04 Å². The maximum absolute atomic E-state index is 13.9. The lowest BCUT2D eigenvalue weighted by atomic mass is 10.0. The third kappa shape index (κ3) is 1.93. The summed E-state index contributed by atoms with van der Waals surface area (Å²) in [6.45, 7) is 1.57. The van der Waals surface area contributed by atoms with Crippen molar-refractivity contribution in [3.63, 3.8) is 0 Å². The number of nitrogens with two attached hydrogens (primary N) is 1. The molecule has 1 unspecified atom stereocenters. The molecule has 0 aliphatic carbocycles. The Hall–Kier alpha value is -1.75. The number of aromatic nitrogens is 2. The molecule has 0 spiro atoms. The molecule has 1 heterocycles. The van der Waals surface area contributed by atoms with Gasteiger partial charge in [-0.25, -0.2) is 13.8 Å². The first kappa shape index (κ1) is 11.7. The molecule has 0 amide bonds. The van der Waals surface area contributed by atoms with E-state index in [2.05, 4.69) is 4.98 Å². The van der Waals surface area contributed by atoms with E-state index in [1.54, 1.807) is 30.9 Å². The SMILES string of the molecule is Cc1ccc(F)c(C(N)c2nccn2C)c1F. The lowest BCUT2D eigenvalue weighted by molar-refractivity contribution is 0.528. The van der Waals surface area contributed by atoms with Crippen molar-refractivity contribution >= 4 is 0 Å². The molecular formula is C12H13F2N3. The minimum atomic E-state index is -0.908. The maximum atomic E-state index is 13.9. The summed E-state index contributed by atoms with van der Waals surface area (Å²) in [7, 11) is 1.73. The van der Waals surface area contributed by atoms with Crippen LogP contribution in [0.15, 0.2) is 24.5 Å². The van der Waals surface area contributed by atoms with Gasteiger partial charge in [-0.1, -0.05) is 6.07 Å². The van der Waals surface area contributed by atoms with E-state index in [4.69, 9.17) is 5.73 Å².